The van der Waals surface area contributed by atoms with E-state index >= 15 is 0 Å². The highest BCUT2D eigenvalue weighted by Crippen LogP contribution is 2.41. The highest BCUT2D eigenvalue weighted by molar-refractivity contribution is 7.22. The summed E-state index contributed by atoms with van der Waals surface area (Å²) in [6, 6.07) is 9.42. The maximum Gasteiger partial charge on any atom is 0.273 e. The first kappa shape index (κ1) is 18.1. The molecule has 2 heterocycles. The van der Waals surface area contributed by atoms with Gasteiger partial charge < -0.3 is 19.2 Å². The fourth-order valence-corrected chi connectivity index (χ4v) is 4.10. The predicted octanol–water partition coefficient (Wildman–Crippen LogP) is 4.36. The van der Waals surface area contributed by atoms with Crippen LogP contribution in [0.4, 0.5) is 5.13 Å². The van der Waals surface area contributed by atoms with Gasteiger partial charge in [0, 0.05) is 11.5 Å². The van der Waals surface area contributed by atoms with Crippen LogP contribution in [-0.4, -0.2) is 37.2 Å². The van der Waals surface area contributed by atoms with E-state index in [1.54, 1.807) is 33.5 Å². The third-order valence-corrected chi connectivity index (χ3v) is 5.46. The molecule has 2 aromatic heterocycles. The van der Waals surface area contributed by atoms with E-state index in [2.05, 4.69) is 15.3 Å². The second kappa shape index (κ2) is 7.05. The SMILES string of the molecule is COc1cc(OC)c2cc(C(=O)Nc3nc4c(C)cccc4s3)[nH]c2c1OC. The number of nitrogens with one attached hydrogen (secondary N) is 2. The summed E-state index contributed by atoms with van der Waals surface area (Å²) in [7, 11) is 4.67. The van der Waals surface area contributed by atoms with Crippen LogP contribution in [0.1, 0.15) is 16.1 Å². The van der Waals surface area contributed by atoms with Crippen molar-refractivity contribution in [3.05, 3.63) is 41.6 Å². The summed E-state index contributed by atoms with van der Waals surface area (Å²) in [6.45, 7) is 2.00. The zero-order valence-corrected chi connectivity index (χ0v) is 16.7. The third-order valence-electron chi connectivity index (χ3n) is 4.53. The lowest BCUT2D eigenvalue weighted by atomic mass is 10.2. The molecule has 1 amide bonds. The molecule has 0 aliphatic rings. The number of hydrogen-bond donors (Lipinski definition) is 2. The normalized spacial score (nSPS) is 11.0. The lowest BCUT2D eigenvalue weighted by Gasteiger charge is -2.11. The molecule has 0 aliphatic carbocycles. The van der Waals surface area contributed by atoms with E-state index in [0.717, 1.165) is 21.2 Å². The molecule has 7 nitrogen and oxygen atoms in total. The summed E-state index contributed by atoms with van der Waals surface area (Å²) in [5.41, 5.74) is 2.97. The molecule has 8 heteroatoms. The number of nitrogens with zero attached hydrogens (tertiary/aromatic N) is 1. The number of thiazole rings is 1. The molecule has 0 spiro atoms. The molecule has 0 saturated heterocycles. The average molecular weight is 397 g/mol. The van der Waals surface area contributed by atoms with Crippen molar-refractivity contribution in [1.29, 1.82) is 0 Å². The molecular formula is C20H19N3O4S. The molecule has 0 radical (unpaired) electrons. The van der Waals surface area contributed by atoms with Crippen LogP contribution in [0.3, 0.4) is 0 Å². The second-order valence-electron chi connectivity index (χ2n) is 6.18. The minimum atomic E-state index is -0.295. The maximum atomic E-state index is 12.8. The number of hydrogen-bond acceptors (Lipinski definition) is 6. The van der Waals surface area contributed by atoms with Crippen molar-refractivity contribution < 1.29 is 19.0 Å². The van der Waals surface area contributed by atoms with Crippen LogP contribution in [0, 0.1) is 6.92 Å². The zero-order valence-electron chi connectivity index (χ0n) is 15.9. The minimum absolute atomic E-state index is 0.295. The molecule has 2 aromatic carbocycles. The first-order valence-electron chi connectivity index (χ1n) is 8.55. The van der Waals surface area contributed by atoms with Gasteiger partial charge in [0.15, 0.2) is 16.6 Å². The standard InChI is InChI=1S/C20H19N3O4S/c1-10-6-5-7-15-16(10)22-20(28-15)23-19(24)12-8-11-13(25-2)9-14(26-3)18(27-4)17(11)21-12/h5-9,21H,1-4H3,(H,22,23,24). The summed E-state index contributed by atoms with van der Waals surface area (Å²) in [5, 5.41) is 4.14. The molecule has 0 fully saturated rings. The fraction of sp³-hybridized carbons (Fsp3) is 0.200. The Morgan fingerprint density at radius 2 is 1.89 bits per heavy atom. The number of benzene rings is 2. The monoisotopic (exact) mass is 397 g/mol. The van der Waals surface area contributed by atoms with Crippen LogP contribution in [0.25, 0.3) is 21.1 Å². The summed E-state index contributed by atoms with van der Waals surface area (Å²) >= 11 is 1.44. The molecule has 4 aromatic rings. The summed E-state index contributed by atoms with van der Waals surface area (Å²) in [6.07, 6.45) is 0. The summed E-state index contributed by atoms with van der Waals surface area (Å²) < 4.78 is 17.3. The first-order valence-corrected chi connectivity index (χ1v) is 9.36. The number of ether oxygens (including phenoxy) is 3. The number of rotatable bonds is 5. The van der Waals surface area contributed by atoms with Gasteiger partial charge in [-0.05, 0) is 24.6 Å². The van der Waals surface area contributed by atoms with Gasteiger partial charge in [0.1, 0.15) is 11.4 Å². The van der Waals surface area contributed by atoms with Crippen molar-refractivity contribution in [3.63, 3.8) is 0 Å². The topological polar surface area (TPSA) is 85.5 Å². The van der Waals surface area contributed by atoms with Gasteiger partial charge in [0.05, 0.1) is 37.1 Å². The van der Waals surface area contributed by atoms with Crippen molar-refractivity contribution in [3.8, 4) is 17.2 Å². The molecule has 0 unspecified atom stereocenters. The Morgan fingerprint density at radius 1 is 1.11 bits per heavy atom. The van der Waals surface area contributed by atoms with Crippen molar-refractivity contribution in [2.45, 2.75) is 6.92 Å². The van der Waals surface area contributed by atoms with Crippen molar-refractivity contribution >= 4 is 43.5 Å². The number of methoxy groups -OCH3 is 3. The first-order chi connectivity index (χ1) is 13.5. The van der Waals surface area contributed by atoms with Gasteiger partial charge in [0.25, 0.3) is 5.91 Å². The number of anilines is 1. The molecule has 0 atom stereocenters. The van der Waals surface area contributed by atoms with Gasteiger partial charge in [-0.2, -0.15) is 0 Å². The third kappa shape index (κ3) is 2.91. The molecular weight excluding hydrogens is 378 g/mol. The summed E-state index contributed by atoms with van der Waals surface area (Å²) in [5.74, 6) is 1.31. The lowest BCUT2D eigenvalue weighted by Crippen LogP contribution is -2.11. The van der Waals surface area contributed by atoms with E-state index < -0.39 is 0 Å². The number of carbonyl (C=O) groups excluding carboxylic acids is 1. The van der Waals surface area contributed by atoms with Gasteiger partial charge in [-0.1, -0.05) is 23.5 Å². The van der Waals surface area contributed by atoms with Crippen LogP contribution in [0.15, 0.2) is 30.3 Å². The van der Waals surface area contributed by atoms with Crippen LogP contribution >= 0.6 is 11.3 Å². The van der Waals surface area contributed by atoms with Gasteiger partial charge in [-0.15, -0.1) is 0 Å². The highest BCUT2D eigenvalue weighted by Gasteiger charge is 2.20. The van der Waals surface area contributed by atoms with Gasteiger partial charge in [0.2, 0.25) is 0 Å². The maximum absolute atomic E-state index is 12.8. The van der Waals surface area contributed by atoms with Crippen molar-refractivity contribution in [2.24, 2.45) is 0 Å². The molecule has 28 heavy (non-hydrogen) atoms. The number of amides is 1. The number of H-pyrrole nitrogens is 1. The number of para-hydroxylation sites is 1. The summed E-state index contributed by atoms with van der Waals surface area (Å²) in [4.78, 5) is 20.4. The smallest absolute Gasteiger partial charge is 0.273 e. The average Bonchev–Trinajstić information content (AvgIpc) is 3.31. The molecule has 0 bridgehead atoms. The van der Waals surface area contributed by atoms with E-state index in [-0.39, 0.29) is 5.91 Å². The number of fused-ring (bicyclic) bond motifs is 2. The Morgan fingerprint density at radius 3 is 2.57 bits per heavy atom. The molecule has 144 valence electrons. The fourth-order valence-electron chi connectivity index (χ4n) is 3.16. The number of aromatic nitrogens is 2. The number of aromatic amines is 1. The Hall–Kier alpha value is -3.26. The zero-order chi connectivity index (χ0) is 19.8. The molecule has 0 saturated carbocycles. The van der Waals surface area contributed by atoms with Gasteiger partial charge in [-0.25, -0.2) is 4.98 Å². The van der Waals surface area contributed by atoms with E-state index in [1.807, 2.05) is 25.1 Å². The van der Waals surface area contributed by atoms with Crippen LogP contribution in [0.5, 0.6) is 17.2 Å². The molecule has 2 N–H and O–H groups in total. The van der Waals surface area contributed by atoms with Crippen LogP contribution in [-0.2, 0) is 0 Å². The lowest BCUT2D eigenvalue weighted by molar-refractivity contribution is 0.102. The molecule has 0 aliphatic heterocycles. The molecule has 4 rings (SSSR count). The van der Waals surface area contributed by atoms with Crippen LogP contribution < -0.4 is 19.5 Å². The Kier molecular flexibility index (Phi) is 4.56. The van der Waals surface area contributed by atoms with Crippen molar-refractivity contribution in [1.82, 2.24) is 9.97 Å². The van der Waals surface area contributed by atoms with Gasteiger partial charge in [-0.3, -0.25) is 10.1 Å². The predicted molar refractivity (Wildman–Crippen MR) is 110 cm³/mol. The van der Waals surface area contributed by atoms with E-state index in [0.29, 0.717) is 33.6 Å². The van der Waals surface area contributed by atoms with Crippen molar-refractivity contribution in [2.75, 3.05) is 26.6 Å². The largest absolute Gasteiger partial charge is 0.496 e. The van der Waals surface area contributed by atoms with E-state index in [4.69, 9.17) is 14.2 Å². The Bertz CT molecular complexity index is 1200. The number of carbonyl (C=O) groups is 1. The minimum Gasteiger partial charge on any atom is -0.496 e. The second-order valence-corrected chi connectivity index (χ2v) is 7.21. The van der Waals surface area contributed by atoms with E-state index in [1.165, 1.54) is 11.3 Å². The Balaban J connectivity index is 1.73. The number of aryl methyl sites for hydroxylation is 1. The van der Waals surface area contributed by atoms with Crippen LogP contribution in [0.2, 0.25) is 0 Å². The van der Waals surface area contributed by atoms with Gasteiger partial charge >= 0.3 is 0 Å². The quantitative estimate of drug-likeness (QED) is 0.522. The highest BCUT2D eigenvalue weighted by atomic mass is 32.1. The van der Waals surface area contributed by atoms with E-state index in [9.17, 15) is 4.79 Å². The Labute approximate surface area is 165 Å².